The quantitative estimate of drug-likeness (QED) is 0.782. The molecule has 1 aromatic carbocycles. The summed E-state index contributed by atoms with van der Waals surface area (Å²) in [5.41, 5.74) is 2.26. The molecule has 7 heteroatoms. The Hall–Kier alpha value is -3.09. The van der Waals surface area contributed by atoms with Gasteiger partial charge < -0.3 is 0 Å². The van der Waals surface area contributed by atoms with Crippen molar-refractivity contribution in [1.82, 2.24) is 15.2 Å². The number of carbonyl (C=O) groups excluding carboxylic acids is 1. The first-order valence-electron chi connectivity index (χ1n) is 8.33. The van der Waals surface area contributed by atoms with Gasteiger partial charge in [0.1, 0.15) is 5.82 Å². The Morgan fingerprint density at radius 3 is 2.69 bits per heavy atom. The molecule has 132 valence electrons. The van der Waals surface area contributed by atoms with E-state index in [9.17, 15) is 13.6 Å². The number of benzene rings is 1. The largest absolute Gasteiger partial charge is 0.297 e. The molecular weight excluding hydrogens is 338 g/mol. The number of hydrogen-bond donors (Lipinski definition) is 1. The van der Waals surface area contributed by atoms with Gasteiger partial charge in [-0.3, -0.25) is 19.8 Å². The summed E-state index contributed by atoms with van der Waals surface area (Å²) >= 11 is 0. The van der Waals surface area contributed by atoms with Crippen molar-refractivity contribution in [3.8, 4) is 11.3 Å². The minimum atomic E-state index is -0.889. The van der Waals surface area contributed by atoms with Gasteiger partial charge in [-0.2, -0.15) is 5.10 Å². The number of rotatable bonds is 4. The molecule has 3 aromatic rings. The van der Waals surface area contributed by atoms with Crippen LogP contribution in [0.5, 0.6) is 0 Å². The van der Waals surface area contributed by atoms with Crippen molar-refractivity contribution in [2.75, 3.05) is 11.4 Å². The van der Waals surface area contributed by atoms with Gasteiger partial charge in [0.2, 0.25) is 5.91 Å². The Morgan fingerprint density at radius 1 is 1.12 bits per heavy atom. The van der Waals surface area contributed by atoms with Crippen LogP contribution in [0.1, 0.15) is 12.0 Å². The molecule has 1 fully saturated rings. The standard InChI is InChI=1S/C19H16F2N4O/c20-15-2-1-12(10-16(15)21)9-14-5-8-25(19(14)26)18-11-17(23-24-18)13-3-6-22-7-4-13/h1-4,6-7,10-11,14H,5,8-9H2,(H,23,24)/t14-/m1/s1. The first-order valence-corrected chi connectivity index (χ1v) is 8.33. The molecule has 1 aliphatic rings. The van der Waals surface area contributed by atoms with Crippen molar-refractivity contribution in [3.05, 3.63) is 66.0 Å². The van der Waals surface area contributed by atoms with E-state index in [-0.39, 0.29) is 11.8 Å². The first kappa shape index (κ1) is 16.4. The first-order chi connectivity index (χ1) is 12.6. The Bertz CT molecular complexity index is 942. The highest BCUT2D eigenvalue weighted by atomic mass is 19.2. The number of hydrogen-bond acceptors (Lipinski definition) is 3. The lowest BCUT2D eigenvalue weighted by Gasteiger charge is -2.14. The topological polar surface area (TPSA) is 61.9 Å². The van der Waals surface area contributed by atoms with Crippen molar-refractivity contribution >= 4 is 11.7 Å². The van der Waals surface area contributed by atoms with Crippen molar-refractivity contribution in [2.24, 2.45) is 5.92 Å². The molecule has 1 amide bonds. The number of H-pyrrole nitrogens is 1. The molecule has 0 saturated carbocycles. The molecule has 1 N–H and O–H groups in total. The molecule has 0 aliphatic carbocycles. The average molecular weight is 354 g/mol. The number of anilines is 1. The zero-order chi connectivity index (χ0) is 18.1. The van der Waals surface area contributed by atoms with Crippen LogP contribution in [0, 0.1) is 17.6 Å². The van der Waals surface area contributed by atoms with Crippen molar-refractivity contribution in [3.63, 3.8) is 0 Å². The van der Waals surface area contributed by atoms with Crippen LogP contribution in [0.4, 0.5) is 14.6 Å². The second-order valence-electron chi connectivity index (χ2n) is 6.30. The van der Waals surface area contributed by atoms with Crippen LogP contribution < -0.4 is 4.90 Å². The summed E-state index contributed by atoms with van der Waals surface area (Å²) in [5, 5.41) is 7.16. The zero-order valence-electron chi connectivity index (χ0n) is 13.8. The minimum absolute atomic E-state index is 0.0420. The van der Waals surface area contributed by atoms with Crippen LogP contribution in [-0.2, 0) is 11.2 Å². The van der Waals surface area contributed by atoms with Gasteiger partial charge in [-0.1, -0.05) is 6.07 Å². The van der Waals surface area contributed by atoms with Gasteiger partial charge in [-0.05, 0) is 42.7 Å². The molecule has 0 spiro atoms. The third-order valence-electron chi connectivity index (χ3n) is 4.61. The maximum Gasteiger partial charge on any atom is 0.231 e. The Morgan fingerprint density at radius 2 is 1.92 bits per heavy atom. The normalized spacial score (nSPS) is 17.1. The lowest BCUT2D eigenvalue weighted by molar-refractivity contribution is -0.120. The highest BCUT2D eigenvalue weighted by molar-refractivity contribution is 5.96. The van der Waals surface area contributed by atoms with E-state index in [1.807, 2.05) is 18.2 Å². The average Bonchev–Trinajstić information content (AvgIpc) is 3.27. The monoisotopic (exact) mass is 354 g/mol. The van der Waals surface area contributed by atoms with E-state index in [0.29, 0.717) is 30.8 Å². The van der Waals surface area contributed by atoms with Crippen LogP contribution in [-0.4, -0.2) is 27.6 Å². The minimum Gasteiger partial charge on any atom is -0.297 e. The van der Waals surface area contributed by atoms with E-state index < -0.39 is 11.6 Å². The molecule has 0 radical (unpaired) electrons. The summed E-state index contributed by atoms with van der Waals surface area (Å²) in [6, 6.07) is 9.29. The second-order valence-corrected chi connectivity index (χ2v) is 6.30. The van der Waals surface area contributed by atoms with Gasteiger partial charge >= 0.3 is 0 Å². The highest BCUT2D eigenvalue weighted by Crippen LogP contribution is 2.29. The maximum absolute atomic E-state index is 13.4. The molecule has 2 aromatic heterocycles. The summed E-state index contributed by atoms with van der Waals surface area (Å²) < 4.78 is 26.4. The van der Waals surface area contributed by atoms with Crippen LogP contribution in [0.15, 0.2) is 48.8 Å². The second kappa shape index (κ2) is 6.67. The van der Waals surface area contributed by atoms with Gasteiger partial charge in [-0.25, -0.2) is 8.78 Å². The predicted molar refractivity (Wildman–Crippen MR) is 92.3 cm³/mol. The molecule has 4 rings (SSSR count). The van der Waals surface area contributed by atoms with Crippen LogP contribution in [0.25, 0.3) is 11.3 Å². The number of nitrogens with one attached hydrogen (secondary N) is 1. The molecule has 1 atom stereocenters. The molecule has 5 nitrogen and oxygen atoms in total. The molecule has 1 saturated heterocycles. The van der Waals surface area contributed by atoms with E-state index in [1.165, 1.54) is 6.07 Å². The number of halogens is 2. The summed E-state index contributed by atoms with van der Waals surface area (Å²) in [6.07, 6.45) is 4.41. The fraction of sp³-hybridized carbons (Fsp3) is 0.211. The SMILES string of the molecule is O=C1[C@@H](Cc2ccc(F)c(F)c2)CCN1c1cc(-c2ccncc2)n[nH]1. The van der Waals surface area contributed by atoms with Gasteiger partial charge in [-0.15, -0.1) is 0 Å². The van der Waals surface area contributed by atoms with Crippen molar-refractivity contribution in [2.45, 2.75) is 12.8 Å². The van der Waals surface area contributed by atoms with Gasteiger partial charge in [0.15, 0.2) is 11.6 Å². The fourth-order valence-electron chi connectivity index (χ4n) is 3.24. The molecule has 0 unspecified atom stereocenters. The highest BCUT2D eigenvalue weighted by Gasteiger charge is 2.33. The Labute approximate surface area is 148 Å². The van der Waals surface area contributed by atoms with Crippen LogP contribution in [0.2, 0.25) is 0 Å². The molecule has 0 bridgehead atoms. The lowest BCUT2D eigenvalue weighted by Crippen LogP contribution is -2.28. The van der Waals surface area contributed by atoms with E-state index in [0.717, 1.165) is 23.4 Å². The number of carbonyl (C=O) groups is 1. The van der Waals surface area contributed by atoms with E-state index >= 15 is 0 Å². The van der Waals surface area contributed by atoms with Gasteiger partial charge in [0, 0.05) is 36.5 Å². The van der Waals surface area contributed by atoms with E-state index in [1.54, 1.807) is 17.3 Å². The number of pyridine rings is 1. The number of amides is 1. The van der Waals surface area contributed by atoms with E-state index in [2.05, 4.69) is 15.2 Å². The van der Waals surface area contributed by atoms with E-state index in [4.69, 9.17) is 0 Å². The Balaban J connectivity index is 1.49. The van der Waals surface area contributed by atoms with Crippen LogP contribution in [0.3, 0.4) is 0 Å². The van der Waals surface area contributed by atoms with Gasteiger partial charge in [0.05, 0.1) is 5.69 Å². The fourth-order valence-corrected chi connectivity index (χ4v) is 3.24. The number of aromatic amines is 1. The predicted octanol–water partition coefficient (Wildman–Crippen LogP) is 3.35. The number of nitrogens with zero attached hydrogens (tertiary/aromatic N) is 3. The zero-order valence-corrected chi connectivity index (χ0v) is 13.8. The van der Waals surface area contributed by atoms with Gasteiger partial charge in [0.25, 0.3) is 0 Å². The lowest BCUT2D eigenvalue weighted by atomic mass is 9.98. The Kier molecular flexibility index (Phi) is 4.20. The molecule has 3 heterocycles. The summed E-state index contributed by atoms with van der Waals surface area (Å²) in [6.45, 7) is 0.561. The van der Waals surface area contributed by atoms with Crippen molar-refractivity contribution < 1.29 is 13.6 Å². The third-order valence-corrected chi connectivity index (χ3v) is 4.61. The summed E-state index contributed by atoms with van der Waals surface area (Å²) in [5.74, 6) is -1.43. The molecular formula is C19H16F2N4O. The summed E-state index contributed by atoms with van der Waals surface area (Å²) in [4.78, 5) is 18.3. The van der Waals surface area contributed by atoms with Crippen LogP contribution >= 0.6 is 0 Å². The smallest absolute Gasteiger partial charge is 0.231 e. The third kappa shape index (κ3) is 3.08. The van der Waals surface area contributed by atoms with Crippen molar-refractivity contribution in [1.29, 1.82) is 0 Å². The summed E-state index contributed by atoms with van der Waals surface area (Å²) in [7, 11) is 0. The molecule has 1 aliphatic heterocycles. The molecule has 26 heavy (non-hydrogen) atoms. The number of aromatic nitrogens is 3. The maximum atomic E-state index is 13.4.